The maximum absolute atomic E-state index is 13.0. The van der Waals surface area contributed by atoms with Gasteiger partial charge in [0, 0.05) is 18.8 Å². The lowest BCUT2D eigenvalue weighted by Gasteiger charge is -2.20. The molecule has 1 amide bonds. The number of anilines is 2. The number of benzene rings is 2. The molecule has 6 nitrogen and oxygen atoms in total. The average molecular weight is 464 g/mol. The zero-order chi connectivity index (χ0) is 22.5. The minimum atomic E-state index is -4.61. The Labute approximate surface area is 178 Å². The first kappa shape index (κ1) is 24.0. The van der Waals surface area contributed by atoms with Gasteiger partial charge in [0.05, 0.1) is 22.8 Å². The van der Waals surface area contributed by atoms with Gasteiger partial charge in [-0.1, -0.05) is 37.6 Å². The molecule has 164 valence electrons. The summed E-state index contributed by atoms with van der Waals surface area (Å²) in [6, 6.07) is 8.75. The SMILES string of the molecule is CCN(CC)S(=O)(=O)c1cc(NCC(=O)Nc2ccccc2C(F)(F)F)ccc1Cl. The first-order valence-electron chi connectivity index (χ1n) is 9.00. The monoisotopic (exact) mass is 463 g/mol. The topological polar surface area (TPSA) is 78.5 Å². The Morgan fingerprint density at radius 3 is 2.33 bits per heavy atom. The number of nitrogens with zero attached hydrogens (tertiary/aromatic N) is 1. The Hall–Kier alpha value is -2.30. The Kier molecular flexibility index (Phi) is 7.73. The maximum Gasteiger partial charge on any atom is 0.418 e. The summed E-state index contributed by atoms with van der Waals surface area (Å²) < 4.78 is 65.7. The van der Waals surface area contributed by atoms with Crippen LogP contribution in [0.1, 0.15) is 19.4 Å². The van der Waals surface area contributed by atoms with E-state index in [9.17, 15) is 26.4 Å². The fourth-order valence-electron chi connectivity index (χ4n) is 2.73. The average Bonchev–Trinajstić information content (AvgIpc) is 2.67. The van der Waals surface area contributed by atoms with E-state index in [4.69, 9.17) is 11.6 Å². The normalized spacial score (nSPS) is 12.1. The second-order valence-electron chi connectivity index (χ2n) is 6.18. The highest BCUT2D eigenvalue weighted by atomic mass is 35.5. The number of rotatable bonds is 8. The van der Waals surface area contributed by atoms with Crippen LogP contribution in [-0.4, -0.2) is 38.3 Å². The van der Waals surface area contributed by atoms with Crippen molar-refractivity contribution in [3.63, 3.8) is 0 Å². The largest absolute Gasteiger partial charge is 0.418 e. The van der Waals surface area contributed by atoms with E-state index in [2.05, 4.69) is 10.6 Å². The predicted octanol–water partition coefficient (Wildman–Crippen LogP) is 4.44. The van der Waals surface area contributed by atoms with Crippen LogP contribution < -0.4 is 10.6 Å². The molecule has 0 saturated carbocycles. The van der Waals surface area contributed by atoms with Crippen molar-refractivity contribution >= 4 is 38.9 Å². The number of carbonyl (C=O) groups excluding carboxylic acids is 1. The molecular formula is C19H21ClF3N3O3S. The molecule has 0 spiro atoms. The van der Waals surface area contributed by atoms with Crippen molar-refractivity contribution in [2.45, 2.75) is 24.9 Å². The summed E-state index contributed by atoms with van der Waals surface area (Å²) in [6.45, 7) is 3.53. The zero-order valence-corrected chi connectivity index (χ0v) is 17.8. The standard InChI is InChI=1S/C19H21ClF3N3O3S/c1-3-26(4-2)30(28,29)17-11-13(9-10-15(17)20)24-12-18(27)25-16-8-6-5-7-14(16)19(21,22)23/h5-11,24H,3-4,12H2,1-2H3,(H,25,27). The molecule has 2 aromatic rings. The Morgan fingerprint density at radius 2 is 1.73 bits per heavy atom. The van der Waals surface area contributed by atoms with Crippen molar-refractivity contribution in [2.75, 3.05) is 30.3 Å². The second kappa shape index (κ2) is 9.67. The first-order valence-corrected chi connectivity index (χ1v) is 10.8. The number of para-hydroxylation sites is 1. The molecule has 2 N–H and O–H groups in total. The van der Waals surface area contributed by atoms with Gasteiger partial charge in [0.25, 0.3) is 0 Å². The lowest BCUT2D eigenvalue weighted by molar-refractivity contribution is -0.137. The molecule has 0 aliphatic rings. The van der Waals surface area contributed by atoms with Gasteiger partial charge in [-0.15, -0.1) is 0 Å². The van der Waals surface area contributed by atoms with Gasteiger partial charge in [-0.2, -0.15) is 17.5 Å². The fourth-order valence-corrected chi connectivity index (χ4v) is 4.69. The van der Waals surface area contributed by atoms with E-state index in [0.29, 0.717) is 0 Å². The zero-order valence-electron chi connectivity index (χ0n) is 16.3. The van der Waals surface area contributed by atoms with Crippen molar-refractivity contribution in [1.82, 2.24) is 4.31 Å². The van der Waals surface area contributed by atoms with Crippen LogP contribution in [0.2, 0.25) is 5.02 Å². The Morgan fingerprint density at radius 1 is 1.10 bits per heavy atom. The predicted molar refractivity (Wildman–Crippen MR) is 110 cm³/mol. The van der Waals surface area contributed by atoms with Crippen LogP contribution in [0.4, 0.5) is 24.5 Å². The van der Waals surface area contributed by atoms with E-state index >= 15 is 0 Å². The van der Waals surface area contributed by atoms with Crippen LogP contribution in [0.3, 0.4) is 0 Å². The fraction of sp³-hybridized carbons (Fsp3) is 0.316. The molecular weight excluding hydrogens is 443 g/mol. The third kappa shape index (κ3) is 5.65. The van der Waals surface area contributed by atoms with Gasteiger partial charge in [0.2, 0.25) is 15.9 Å². The molecule has 0 radical (unpaired) electrons. The lowest BCUT2D eigenvalue weighted by atomic mass is 10.1. The van der Waals surface area contributed by atoms with Gasteiger partial charge in [0.1, 0.15) is 4.90 Å². The molecule has 2 rings (SSSR count). The number of sulfonamides is 1. The molecule has 0 atom stereocenters. The molecule has 0 fully saturated rings. The van der Waals surface area contributed by atoms with Gasteiger partial charge < -0.3 is 10.6 Å². The lowest BCUT2D eigenvalue weighted by Crippen LogP contribution is -2.31. The number of carbonyl (C=O) groups is 1. The number of nitrogens with one attached hydrogen (secondary N) is 2. The number of amides is 1. The van der Waals surface area contributed by atoms with Crippen molar-refractivity contribution < 1.29 is 26.4 Å². The molecule has 0 aliphatic carbocycles. The minimum Gasteiger partial charge on any atom is -0.376 e. The summed E-state index contributed by atoms with van der Waals surface area (Å²) in [5, 5.41) is 4.93. The van der Waals surface area contributed by atoms with Crippen molar-refractivity contribution in [3.05, 3.63) is 53.1 Å². The molecule has 0 unspecified atom stereocenters. The molecule has 0 aliphatic heterocycles. The smallest absolute Gasteiger partial charge is 0.376 e. The maximum atomic E-state index is 13.0. The van der Waals surface area contributed by atoms with E-state index in [0.717, 1.165) is 12.1 Å². The van der Waals surface area contributed by atoms with E-state index in [1.54, 1.807) is 13.8 Å². The van der Waals surface area contributed by atoms with Gasteiger partial charge in [-0.3, -0.25) is 4.79 Å². The minimum absolute atomic E-state index is 0.0241. The van der Waals surface area contributed by atoms with Crippen LogP contribution in [-0.2, 0) is 21.0 Å². The van der Waals surface area contributed by atoms with E-state index < -0.39 is 27.7 Å². The van der Waals surface area contributed by atoms with Gasteiger partial charge in [-0.05, 0) is 30.3 Å². The number of hydrogen-bond donors (Lipinski definition) is 2. The quantitative estimate of drug-likeness (QED) is 0.606. The summed E-state index contributed by atoms with van der Waals surface area (Å²) in [5.74, 6) is -0.727. The molecule has 11 heteroatoms. The highest BCUT2D eigenvalue weighted by molar-refractivity contribution is 7.89. The molecule has 0 bridgehead atoms. The van der Waals surface area contributed by atoms with Gasteiger partial charge >= 0.3 is 6.18 Å². The molecule has 0 heterocycles. The third-order valence-corrected chi connectivity index (χ3v) is 6.75. The van der Waals surface area contributed by atoms with Crippen LogP contribution in [0.5, 0.6) is 0 Å². The van der Waals surface area contributed by atoms with E-state index in [1.165, 1.54) is 34.6 Å². The molecule has 0 aromatic heterocycles. The number of hydrogen-bond acceptors (Lipinski definition) is 4. The summed E-state index contributed by atoms with van der Waals surface area (Å²) in [4.78, 5) is 12.0. The van der Waals surface area contributed by atoms with Gasteiger partial charge in [0.15, 0.2) is 0 Å². The Balaban J connectivity index is 2.15. The molecule has 30 heavy (non-hydrogen) atoms. The van der Waals surface area contributed by atoms with E-state index in [-0.39, 0.29) is 40.9 Å². The van der Waals surface area contributed by atoms with E-state index in [1.807, 2.05) is 0 Å². The van der Waals surface area contributed by atoms with Crippen LogP contribution in [0.15, 0.2) is 47.4 Å². The summed E-state index contributed by atoms with van der Waals surface area (Å²) in [6.07, 6.45) is -4.61. The highest BCUT2D eigenvalue weighted by Gasteiger charge is 2.33. The van der Waals surface area contributed by atoms with Gasteiger partial charge in [-0.25, -0.2) is 8.42 Å². The summed E-state index contributed by atoms with van der Waals surface area (Å²) >= 11 is 6.05. The van der Waals surface area contributed by atoms with Crippen LogP contribution in [0.25, 0.3) is 0 Å². The summed E-state index contributed by atoms with van der Waals surface area (Å²) in [5.41, 5.74) is -1.04. The van der Waals surface area contributed by atoms with Crippen molar-refractivity contribution in [3.8, 4) is 0 Å². The second-order valence-corrected chi connectivity index (χ2v) is 8.49. The highest BCUT2D eigenvalue weighted by Crippen LogP contribution is 2.34. The van der Waals surface area contributed by atoms with Crippen molar-refractivity contribution in [2.24, 2.45) is 0 Å². The Bertz CT molecular complexity index is 1010. The first-order chi connectivity index (χ1) is 14.0. The molecule has 0 saturated heterocycles. The van der Waals surface area contributed by atoms with Crippen molar-refractivity contribution in [1.29, 1.82) is 0 Å². The third-order valence-electron chi connectivity index (χ3n) is 4.21. The number of alkyl halides is 3. The van der Waals surface area contributed by atoms with Crippen LogP contribution in [0, 0.1) is 0 Å². The number of halogens is 4. The molecule has 2 aromatic carbocycles. The van der Waals surface area contributed by atoms with Crippen LogP contribution >= 0.6 is 11.6 Å². The summed E-state index contributed by atoms with van der Waals surface area (Å²) in [7, 11) is -3.83.